The van der Waals surface area contributed by atoms with E-state index in [2.05, 4.69) is 0 Å². The van der Waals surface area contributed by atoms with Gasteiger partial charge in [-0.25, -0.2) is 4.79 Å². The lowest BCUT2D eigenvalue weighted by Crippen LogP contribution is -2.27. The van der Waals surface area contributed by atoms with Gasteiger partial charge in [-0.15, -0.1) is 0 Å². The number of rotatable bonds is 7. The van der Waals surface area contributed by atoms with Gasteiger partial charge in [-0.3, -0.25) is 14.5 Å². The number of thioether (sulfide) groups is 1. The quantitative estimate of drug-likeness (QED) is 0.108. The third-order valence-corrected chi connectivity index (χ3v) is 7.80. The number of esters is 1. The molecule has 1 fully saturated rings. The Balaban J connectivity index is 1.58. The summed E-state index contributed by atoms with van der Waals surface area (Å²) < 4.78 is 11.9. The summed E-state index contributed by atoms with van der Waals surface area (Å²) in [6.07, 6.45) is 1.61. The van der Waals surface area contributed by atoms with Crippen molar-refractivity contribution in [2.45, 2.75) is 13.5 Å². The maximum Gasteiger partial charge on any atom is 0.343 e. The molecule has 0 atom stereocenters. The maximum atomic E-state index is 13.0. The molecule has 0 saturated carbocycles. The first-order valence-electron chi connectivity index (χ1n) is 10.8. The predicted octanol–water partition coefficient (Wildman–Crippen LogP) is 8.11. The Kier molecular flexibility index (Phi) is 9.07. The van der Waals surface area contributed by atoms with E-state index < -0.39 is 17.1 Å². The molecule has 1 aliphatic rings. The van der Waals surface area contributed by atoms with Crippen LogP contribution in [-0.2, 0) is 11.3 Å². The highest BCUT2D eigenvalue weighted by Gasteiger charge is 2.35. The highest BCUT2D eigenvalue weighted by molar-refractivity contribution is 14.1. The van der Waals surface area contributed by atoms with E-state index in [1.807, 2.05) is 22.6 Å². The first-order valence-corrected chi connectivity index (χ1v) is 13.8. The molecule has 0 radical (unpaired) electrons. The Morgan fingerprint density at radius 3 is 2.43 bits per heavy atom. The molecular weight excluding hydrogens is 672 g/mol. The van der Waals surface area contributed by atoms with Crippen molar-refractivity contribution in [2.75, 3.05) is 6.61 Å². The number of ether oxygens (including phenoxy) is 2. The minimum atomic E-state index is -0.563. The maximum absolute atomic E-state index is 13.0. The van der Waals surface area contributed by atoms with Gasteiger partial charge in [-0.05, 0) is 107 Å². The highest BCUT2D eigenvalue weighted by atomic mass is 127. The van der Waals surface area contributed by atoms with Crippen molar-refractivity contribution in [3.05, 3.63) is 94.8 Å². The molecule has 1 saturated heterocycles. The van der Waals surface area contributed by atoms with Crippen LogP contribution in [0.3, 0.4) is 0 Å². The zero-order valence-electron chi connectivity index (χ0n) is 19.1. The minimum Gasteiger partial charge on any atom is -0.490 e. The van der Waals surface area contributed by atoms with Crippen molar-refractivity contribution in [1.82, 2.24) is 4.90 Å². The molecule has 1 aliphatic heterocycles. The number of amides is 2. The molecule has 0 bridgehead atoms. The summed E-state index contributed by atoms with van der Waals surface area (Å²) in [5, 5.41) is 0.848. The van der Waals surface area contributed by atoms with Crippen molar-refractivity contribution >= 4 is 92.3 Å². The third kappa shape index (κ3) is 6.61. The molecule has 0 spiro atoms. The lowest BCUT2D eigenvalue weighted by molar-refractivity contribution is -0.123. The monoisotopic (exact) mass is 687 g/mol. The Hall–Kier alpha value is -2.24. The number of hydrogen-bond acceptors (Lipinski definition) is 6. The van der Waals surface area contributed by atoms with Gasteiger partial charge in [0.05, 0.1) is 37.2 Å². The van der Waals surface area contributed by atoms with E-state index in [1.165, 1.54) is 0 Å². The van der Waals surface area contributed by atoms with E-state index in [-0.39, 0.29) is 17.2 Å². The average Bonchev–Trinajstić information content (AvgIpc) is 3.11. The highest BCUT2D eigenvalue weighted by Crippen LogP contribution is 2.38. The first-order chi connectivity index (χ1) is 17.7. The summed E-state index contributed by atoms with van der Waals surface area (Å²) >= 11 is 20.8. The standard InChI is InChI=1S/C26H17Cl3INO5S/c1-2-35-21-11-15(10-20(30)23(21)36-25(33)16-4-6-17(27)7-5-16)12-22-24(32)31(26(34)37-22)13-14-3-8-18(28)19(29)9-14/h3-12H,2,13H2,1H3/b22-12-. The molecule has 1 heterocycles. The summed E-state index contributed by atoms with van der Waals surface area (Å²) in [5.74, 6) is -0.399. The van der Waals surface area contributed by atoms with Crippen LogP contribution in [0.1, 0.15) is 28.4 Å². The lowest BCUT2D eigenvalue weighted by Gasteiger charge is -2.14. The van der Waals surface area contributed by atoms with Gasteiger partial charge in [-0.1, -0.05) is 40.9 Å². The van der Waals surface area contributed by atoms with Crippen LogP contribution < -0.4 is 9.47 Å². The molecule has 37 heavy (non-hydrogen) atoms. The van der Waals surface area contributed by atoms with Gasteiger partial charge in [0, 0.05) is 5.02 Å². The molecule has 2 amide bonds. The normalized spacial score (nSPS) is 14.4. The number of benzene rings is 3. The molecule has 11 heteroatoms. The van der Waals surface area contributed by atoms with Gasteiger partial charge in [-0.2, -0.15) is 0 Å². The Morgan fingerprint density at radius 2 is 1.76 bits per heavy atom. The predicted molar refractivity (Wildman–Crippen MR) is 155 cm³/mol. The molecule has 0 aliphatic carbocycles. The smallest absolute Gasteiger partial charge is 0.343 e. The fourth-order valence-electron chi connectivity index (χ4n) is 3.38. The number of hydrogen-bond donors (Lipinski definition) is 0. The van der Waals surface area contributed by atoms with Crippen LogP contribution in [0.2, 0.25) is 15.1 Å². The second-order valence-electron chi connectivity index (χ2n) is 7.68. The molecule has 0 aromatic heterocycles. The zero-order valence-corrected chi connectivity index (χ0v) is 24.3. The molecular formula is C26H17Cl3INO5S. The van der Waals surface area contributed by atoms with Crippen LogP contribution >= 0.6 is 69.2 Å². The van der Waals surface area contributed by atoms with Gasteiger partial charge in [0.2, 0.25) is 0 Å². The Morgan fingerprint density at radius 1 is 1.03 bits per heavy atom. The Bertz CT molecular complexity index is 1430. The van der Waals surface area contributed by atoms with Crippen molar-refractivity contribution in [3.8, 4) is 11.5 Å². The van der Waals surface area contributed by atoms with Crippen LogP contribution in [0, 0.1) is 3.57 Å². The molecule has 3 aromatic rings. The third-order valence-electron chi connectivity index (χ3n) is 5.10. The number of halogens is 4. The van der Waals surface area contributed by atoms with Crippen molar-refractivity contribution in [1.29, 1.82) is 0 Å². The second-order valence-corrected chi connectivity index (χ2v) is 11.1. The van der Waals surface area contributed by atoms with Gasteiger partial charge in [0.25, 0.3) is 11.1 Å². The van der Waals surface area contributed by atoms with Gasteiger partial charge in [0.1, 0.15) is 0 Å². The molecule has 0 unspecified atom stereocenters. The van der Waals surface area contributed by atoms with E-state index in [9.17, 15) is 14.4 Å². The number of carbonyl (C=O) groups is 3. The Labute approximate surface area is 246 Å². The molecule has 3 aromatic carbocycles. The summed E-state index contributed by atoms with van der Waals surface area (Å²) in [6.45, 7) is 2.20. The van der Waals surface area contributed by atoms with Gasteiger partial charge < -0.3 is 9.47 Å². The van der Waals surface area contributed by atoms with E-state index in [0.717, 1.165) is 16.7 Å². The summed E-state index contributed by atoms with van der Waals surface area (Å²) in [6, 6.07) is 14.7. The number of carbonyl (C=O) groups excluding carboxylic acids is 3. The second kappa shape index (κ2) is 12.1. The molecule has 0 N–H and O–H groups in total. The number of imide groups is 1. The van der Waals surface area contributed by atoms with Gasteiger partial charge >= 0.3 is 5.97 Å². The number of nitrogens with zero attached hydrogens (tertiary/aromatic N) is 1. The SMILES string of the molecule is CCOc1cc(/C=C2\SC(=O)N(Cc3ccc(Cl)c(Cl)c3)C2=O)cc(I)c1OC(=O)c1ccc(Cl)cc1. The summed E-state index contributed by atoms with van der Waals surface area (Å²) in [5.41, 5.74) is 1.62. The largest absolute Gasteiger partial charge is 0.490 e. The fourth-order valence-corrected chi connectivity index (χ4v) is 5.40. The summed E-state index contributed by atoms with van der Waals surface area (Å²) in [7, 11) is 0. The van der Waals surface area contributed by atoms with Crippen LogP contribution in [-0.4, -0.2) is 28.6 Å². The first kappa shape index (κ1) is 27.8. The van der Waals surface area contributed by atoms with E-state index >= 15 is 0 Å². The van der Waals surface area contributed by atoms with E-state index in [1.54, 1.807) is 67.6 Å². The zero-order chi connectivity index (χ0) is 26.7. The van der Waals surface area contributed by atoms with Crippen molar-refractivity contribution in [2.24, 2.45) is 0 Å². The molecule has 4 rings (SSSR count). The minimum absolute atomic E-state index is 0.0697. The summed E-state index contributed by atoms with van der Waals surface area (Å²) in [4.78, 5) is 39.7. The van der Waals surface area contributed by atoms with Crippen LogP contribution in [0.25, 0.3) is 6.08 Å². The fraction of sp³-hybridized carbons (Fsp3) is 0.115. The van der Waals surface area contributed by atoms with Gasteiger partial charge in [0.15, 0.2) is 11.5 Å². The molecule has 190 valence electrons. The molecule has 6 nitrogen and oxygen atoms in total. The topological polar surface area (TPSA) is 72.9 Å². The van der Waals surface area contributed by atoms with E-state index in [4.69, 9.17) is 44.3 Å². The van der Waals surface area contributed by atoms with E-state index in [0.29, 0.717) is 47.7 Å². The van der Waals surface area contributed by atoms with Crippen molar-refractivity contribution in [3.63, 3.8) is 0 Å². The van der Waals surface area contributed by atoms with Crippen molar-refractivity contribution < 1.29 is 23.9 Å². The van der Waals surface area contributed by atoms with Crippen LogP contribution in [0.5, 0.6) is 11.5 Å². The average molecular weight is 689 g/mol. The lowest BCUT2D eigenvalue weighted by atomic mass is 10.1. The van der Waals surface area contributed by atoms with Crippen LogP contribution in [0.4, 0.5) is 4.79 Å². The van der Waals surface area contributed by atoms with Crippen LogP contribution in [0.15, 0.2) is 59.5 Å².